The summed E-state index contributed by atoms with van der Waals surface area (Å²) >= 11 is 0. The summed E-state index contributed by atoms with van der Waals surface area (Å²) in [6.07, 6.45) is 3.34. The molecule has 1 N–H and O–H groups in total. The second-order valence-corrected chi connectivity index (χ2v) is 3.99. The van der Waals surface area contributed by atoms with Crippen LogP contribution in [-0.2, 0) is 10.3 Å². The maximum absolute atomic E-state index is 11.6. The first-order valence-electron chi connectivity index (χ1n) is 4.89. The maximum atomic E-state index is 11.6. The molecule has 84 valence electrons. The molecule has 2 heterocycles. The Bertz CT molecular complexity index is 434. The number of carbonyl (C=O) groups is 2. The second-order valence-electron chi connectivity index (χ2n) is 3.99. The van der Waals surface area contributed by atoms with E-state index in [9.17, 15) is 9.59 Å². The van der Waals surface area contributed by atoms with Crippen LogP contribution in [0.4, 0.5) is 4.79 Å². The fraction of sp³-hybridized carbons (Fsp3) is 0.400. The Kier molecular flexibility index (Phi) is 2.34. The van der Waals surface area contributed by atoms with Crippen molar-refractivity contribution in [2.45, 2.75) is 18.9 Å². The monoisotopic (exact) mass is 220 g/mol. The Balaban J connectivity index is 2.43. The van der Waals surface area contributed by atoms with Gasteiger partial charge in [0.1, 0.15) is 0 Å². The van der Waals surface area contributed by atoms with Crippen molar-refractivity contribution in [3.05, 3.63) is 24.0 Å². The van der Waals surface area contributed by atoms with Crippen molar-refractivity contribution < 1.29 is 9.59 Å². The highest BCUT2D eigenvalue weighted by Gasteiger charge is 2.41. The largest absolute Gasteiger partial charge is 0.324 e. The first kappa shape index (κ1) is 10.5. The van der Waals surface area contributed by atoms with E-state index in [1.807, 2.05) is 6.92 Å². The SMILES string of the molecule is CN1C(=O)NC(=O)CC1(C)c1ccnnc1. The minimum Gasteiger partial charge on any atom is -0.317 e. The Labute approximate surface area is 92.7 Å². The molecular weight excluding hydrogens is 208 g/mol. The first-order valence-corrected chi connectivity index (χ1v) is 4.89. The number of imide groups is 1. The maximum Gasteiger partial charge on any atom is 0.324 e. The predicted octanol–water partition coefficient (Wildman–Crippen LogP) is 0.263. The highest BCUT2D eigenvalue weighted by atomic mass is 16.2. The molecule has 1 atom stereocenters. The normalized spacial score (nSPS) is 25.5. The molecule has 6 heteroatoms. The lowest BCUT2D eigenvalue weighted by molar-refractivity contribution is -0.124. The number of rotatable bonds is 1. The minimum absolute atomic E-state index is 0.223. The van der Waals surface area contributed by atoms with E-state index in [0.717, 1.165) is 5.56 Å². The van der Waals surface area contributed by atoms with E-state index in [1.165, 1.54) is 4.90 Å². The van der Waals surface area contributed by atoms with Gasteiger partial charge in [-0.25, -0.2) is 4.79 Å². The highest BCUT2D eigenvalue weighted by molar-refractivity contribution is 5.97. The number of amides is 3. The third kappa shape index (κ3) is 1.52. The fourth-order valence-electron chi connectivity index (χ4n) is 1.81. The number of aromatic nitrogens is 2. The van der Waals surface area contributed by atoms with Gasteiger partial charge in [-0.3, -0.25) is 10.1 Å². The van der Waals surface area contributed by atoms with Crippen LogP contribution in [0.3, 0.4) is 0 Å². The van der Waals surface area contributed by atoms with E-state index in [1.54, 1.807) is 25.5 Å². The Hall–Kier alpha value is -1.98. The Morgan fingerprint density at radius 2 is 2.19 bits per heavy atom. The molecule has 6 nitrogen and oxygen atoms in total. The molecule has 16 heavy (non-hydrogen) atoms. The zero-order chi connectivity index (χ0) is 11.8. The number of urea groups is 1. The summed E-state index contributed by atoms with van der Waals surface area (Å²) in [6.45, 7) is 1.83. The smallest absolute Gasteiger partial charge is 0.317 e. The van der Waals surface area contributed by atoms with Gasteiger partial charge in [-0.2, -0.15) is 10.2 Å². The van der Waals surface area contributed by atoms with Crippen molar-refractivity contribution in [3.63, 3.8) is 0 Å². The molecule has 0 bridgehead atoms. The van der Waals surface area contributed by atoms with Gasteiger partial charge in [-0.15, -0.1) is 0 Å². The molecule has 0 aliphatic carbocycles. The van der Waals surface area contributed by atoms with Crippen LogP contribution in [0.25, 0.3) is 0 Å². The van der Waals surface area contributed by atoms with Crippen LogP contribution in [0.5, 0.6) is 0 Å². The molecule has 2 rings (SSSR count). The highest BCUT2D eigenvalue weighted by Crippen LogP contribution is 2.32. The number of carbonyl (C=O) groups excluding carboxylic acids is 2. The predicted molar refractivity (Wildman–Crippen MR) is 55.3 cm³/mol. The summed E-state index contributed by atoms with van der Waals surface area (Å²) in [6, 6.07) is 1.37. The average molecular weight is 220 g/mol. The molecule has 0 spiro atoms. The number of nitrogens with one attached hydrogen (secondary N) is 1. The molecule has 1 aromatic heterocycles. The van der Waals surface area contributed by atoms with E-state index >= 15 is 0 Å². The minimum atomic E-state index is -0.657. The third-order valence-corrected chi connectivity index (χ3v) is 3.00. The van der Waals surface area contributed by atoms with Gasteiger partial charge in [0, 0.05) is 13.2 Å². The number of hydrogen-bond donors (Lipinski definition) is 1. The summed E-state index contributed by atoms with van der Waals surface area (Å²) in [5.74, 6) is -0.276. The summed E-state index contributed by atoms with van der Waals surface area (Å²) in [5, 5.41) is 9.72. The van der Waals surface area contributed by atoms with Crippen LogP contribution < -0.4 is 5.32 Å². The summed E-state index contributed by atoms with van der Waals surface area (Å²) in [4.78, 5) is 24.5. The van der Waals surface area contributed by atoms with E-state index in [-0.39, 0.29) is 12.3 Å². The lowest BCUT2D eigenvalue weighted by Crippen LogP contribution is -2.57. The fourth-order valence-corrected chi connectivity index (χ4v) is 1.81. The molecule has 0 radical (unpaired) electrons. The van der Waals surface area contributed by atoms with Gasteiger partial charge in [0.2, 0.25) is 5.91 Å². The van der Waals surface area contributed by atoms with E-state index in [2.05, 4.69) is 15.5 Å². The van der Waals surface area contributed by atoms with Gasteiger partial charge in [-0.05, 0) is 18.6 Å². The van der Waals surface area contributed by atoms with Gasteiger partial charge in [0.05, 0.1) is 18.2 Å². The van der Waals surface area contributed by atoms with Crippen LogP contribution in [0.2, 0.25) is 0 Å². The van der Waals surface area contributed by atoms with Crippen LogP contribution >= 0.6 is 0 Å². The van der Waals surface area contributed by atoms with E-state index in [0.29, 0.717) is 0 Å². The van der Waals surface area contributed by atoms with Gasteiger partial charge >= 0.3 is 6.03 Å². The van der Waals surface area contributed by atoms with E-state index in [4.69, 9.17) is 0 Å². The Morgan fingerprint density at radius 1 is 1.44 bits per heavy atom. The number of hydrogen-bond acceptors (Lipinski definition) is 4. The lowest BCUT2D eigenvalue weighted by Gasteiger charge is -2.41. The van der Waals surface area contributed by atoms with E-state index < -0.39 is 11.6 Å². The van der Waals surface area contributed by atoms with Crippen molar-refractivity contribution in [2.75, 3.05) is 7.05 Å². The van der Waals surface area contributed by atoms with Crippen molar-refractivity contribution >= 4 is 11.9 Å². The molecule has 1 aliphatic heterocycles. The molecule has 1 fully saturated rings. The molecule has 0 saturated carbocycles. The molecule has 1 aromatic rings. The molecule has 1 saturated heterocycles. The van der Waals surface area contributed by atoms with Gasteiger partial charge < -0.3 is 4.90 Å². The second kappa shape index (κ2) is 3.55. The first-order chi connectivity index (χ1) is 7.54. The molecule has 1 aliphatic rings. The third-order valence-electron chi connectivity index (χ3n) is 3.00. The van der Waals surface area contributed by atoms with Crippen LogP contribution in [0.15, 0.2) is 18.5 Å². The quantitative estimate of drug-likeness (QED) is 0.736. The van der Waals surface area contributed by atoms with Crippen molar-refractivity contribution in [3.8, 4) is 0 Å². The van der Waals surface area contributed by atoms with Crippen molar-refractivity contribution in [1.82, 2.24) is 20.4 Å². The van der Waals surface area contributed by atoms with Gasteiger partial charge in [0.25, 0.3) is 0 Å². The van der Waals surface area contributed by atoms with Crippen molar-refractivity contribution in [1.29, 1.82) is 0 Å². The summed E-state index contributed by atoms with van der Waals surface area (Å²) in [5.41, 5.74) is 0.142. The molecule has 1 unspecified atom stereocenters. The van der Waals surface area contributed by atoms with Crippen LogP contribution in [0.1, 0.15) is 18.9 Å². The lowest BCUT2D eigenvalue weighted by atomic mass is 9.87. The van der Waals surface area contributed by atoms with Gasteiger partial charge in [0.15, 0.2) is 0 Å². The van der Waals surface area contributed by atoms with Crippen LogP contribution in [-0.4, -0.2) is 34.1 Å². The standard InChI is InChI=1S/C10H12N4O2/c1-10(7-3-4-11-12-6-7)5-8(15)13-9(16)14(10)2/h3-4,6H,5H2,1-2H3,(H,13,15,16). The molecule has 3 amide bonds. The zero-order valence-electron chi connectivity index (χ0n) is 9.10. The Morgan fingerprint density at radius 3 is 2.81 bits per heavy atom. The molecular formula is C10H12N4O2. The summed E-state index contributed by atoms with van der Waals surface area (Å²) in [7, 11) is 1.65. The average Bonchev–Trinajstić information content (AvgIpc) is 2.27. The number of nitrogens with zero attached hydrogens (tertiary/aromatic N) is 3. The van der Waals surface area contributed by atoms with Crippen LogP contribution in [0, 0.1) is 0 Å². The van der Waals surface area contributed by atoms with Gasteiger partial charge in [-0.1, -0.05) is 0 Å². The molecule has 0 aromatic carbocycles. The summed E-state index contributed by atoms with van der Waals surface area (Å²) < 4.78 is 0. The van der Waals surface area contributed by atoms with Crippen molar-refractivity contribution in [2.24, 2.45) is 0 Å². The topological polar surface area (TPSA) is 75.2 Å². The zero-order valence-corrected chi connectivity index (χ0v) is 9.10.